The van der Waals surface area contributed by atoms with Gasteiger partial charge < -0.3 is 0 Å². The highest BCUT2D eigenvalue weighted by Crippen LogP contribution is 2.33. The molecule has 0 aromatic heterocycles. The fraction of sp³-hybridized carbons (Fsp3) is 0.667. The largest absolute Gasteiger partial charge is 0.0654 e. The molecule has 1 aromatic rings. The topological polar surface area (TPSA) is 0 Å². The zero-order valence-electron chi connectivity index (χ0n) is 12.1. The number of rotatable bonds is 5. The van der Waals surface area contributed by atoms with Gasteiger partial charge in [-0.3, -0.25) is 0 Å². The second kappa shape index (κ2) is 6.97. The molecule has 0 radical (unpaired) electrons. The van der Waals surface area contributed by atoms with E-state index in [1.807, 2.05) is 0 Å². The molecule has 0 spiro atoms. The lowest BCUT2D eigenvalue weighted by atomic mass is 9.78. The average molecular weight is 246 g/mol. The fourth-order valence-electron chi connectivity index (χ4n) is 3.34. The van der Waals surface area contributed by atoms with E-state index in [-0.39, 0.29) is 1.43 Å². The van der Waals surface area contributed by atoms with Crippen LogP contribution in [-0.4, -0.2) is 0 Å². The molecule has 1 aliphatic rings. The maximum absolute atomic E-state index is 2.32. The Hall–Kier alpha value is -0.780. The molecule has 0 atom stereocenters. The van der Waals surface area contributed by atoms with Crippen molar-refractivity contribution in [3.63, 3.8) is 0 Å². The molecule has 1 aromatic carbocycles. The Morgan fingerprint density at radius 3 is 2.06 bits per heavy atom. The van der Waals surface area contributed by atoms with Crippen molar-refractivity contribution in [2.45, 2.75) is 65.2 Å². The molecule has 1 fully saturated rings. The Kier molecular flexibility index (Phi) is 5.28. The summed E-state index contributed by atoms with van der Waals surface area (Å²) in [5.74, 6) is 2.05. The molecule has 0 nitrogen and oxygen atoms in total. The van der Waals surface area contributed by atoms with Crippen LogP contribution in [0.1, 0.15) is 64.4 Å². The summed E-state index contributed by atoms with van der Waals surface area (Å²) >= 11 is 0. The number of hydrogen-bond acceptors (Lipinski definition) is 0. The Labute approximate surface area is 114 Å². The van der Waals surface area contributed by atoms with E-state index in [1.165, 1.54) is 62.5 Å². The molecule has 1 saturated carbocycles. The zero-order valence-corrected chi connectivity index (χ0v) is 12.1. The van der Waals surface area contributed by atoms with Crippen LogP contribution in [-0.2, 0) is 6.42 Å². The second-order valence-electron chi connectivity index (χ2n) is 6.20. The molecule has 0 amide bonds. The van der Waals surface area contributed by atoms with Crippen molar-refractivity contribution in [3.05, 3.63) is 35.4 Å². The summed E-state index contributed by atoms with van der Waals surface area (Å²) in [6.07, 6.45) is 11.5. The van der Waals surface area contributed by atoms with E-state index < -0.39 is 0 Å². The lowest BCUT2D eigenvalue weighted by Crippen LogP contribution is -2.15. The Bertz CT molecular complexity index is 333. The van der Waals surface area contributed by atoms with E-state index in [0.29, 0.717) is 0 Å². The van der Waals surface area contributed by atoms with Crippen LogP contribution in [0, 0.1) is 18.8 Å². The van der Waals surface area contributed by atoms with Gasteiger partial charge >= 0.3 is 0 Å². The molecule has 0 N–H and O–H groups in total. The summed E-state index contributed by atoms with van der Waals surface area (Å²) in [4.78, 5) is 0. The second-order valence-corrected chi connectivity index (χ2v) is 6.20. The van der Waals surface area contributed by atoms with E-state index >= 15 is 0 Å². The summed E-state index contributed by atoms with van der Waals surface area (Å²) in [5.41, 5.74) is 2.90. The smallest absolute Gasteiger partial charge is 0 e. The van der Waals surface area contributed by atoms with E-state index in [4.69, 9.17) is 0 Å². The van der Waals surface area contributed by atoms with Crippen molar-refractivity contribution in [2.75, 3.05) is 0 Å². The highest BCUT2D eigenvalue weighted by Gasteiger charge is 2.20. The van der Waals surface area contributed by atoms with E-state index in [0.717, 1.165) is 11.8 Å². The van der Waals surface area contributed by atoms with E-state index in [1.54, 1.807) is 0 Å². The molecule has 0 heterocycles. The first-order valence-corrected chi connectivity index (χ1v) is 7.83. The highest BCUT2D eigenvalue weighted by molar-refractivity contribution is 5.21. The van der Waals surface area contributed by atoms with E-state index in [9.17, 15) is 0 Å². The van der Waals surface area contributed by atoms with Crippen molar-refractivity contribution in [2.24, 2.45) is 11.8 Å². The number of benzene rings is 1. The summed E-state index contributed by atoms with van der Waals surface area (Å²) in [5, 5.41) is 0. The van der Waals surface area contributed by atoms with Crippen LogP contribution in [0.2, 0.25) is 0 Å². The molecule has 18 heavy (non-hydrogen) atoms. The van der Waals surface area contributed by atoms with Crippen LogP contribution < -0.4 is 0 Å². The standard InChI is InChI=1S/C18H28.H2/c1-3-4-16-9-11-18(12-10-16)14-13-17-7-5-15(2)6-8-17;/h5-8,16,18H,3-4,9-14H2,1-2H3;1H. The third-order valence-electron chi connectivity index (χ3n) is 4.63. The minimum Gasteiger partial charge on any atom is -0.0654 e. The molecular weight excluding hydrogens is 216 g/mol. The molecule has 2 rings (SSSR count). The maximum atomic E-state index is 2.32. The number of hydrogen-bond donors (Lipinski definition) is 0. The van der Waals surface area contributed by atoms with Crippen LogP contribution >= 0.6 is 0 Å². The van der Waals surface area contributed by atoms with Crippen LogP contribution in [0.5, 0.6) is 0 Å². The average Bonchev–Trinajstić information content (AvgIpc) is 2.40. The minimum atomic E-state index is 0. The Morgan fingerprint density at radius 2 is 1.50 bits per heavy atom. The van der Waals surface area contributed by atoms with Gasteiger partial charge in [0.1, 0.15) is 0 Å². The maximum Gasteiger partial charge on any atom is 0 e. The Balaban J connectivity index is 0.00000180. The van der Waals surface area contributed by atoms with Gasteiger partial charge in [-0.15, -0.1) is 0 Å². The van der Waals surface area contributed by atoms with Gasteiger partial charge in [-0.1, -0.05) is 75.3 Å². The van der Waals surface area contributed by atoms with Gasteiger partial charge in [-0.25, -0.2) is 0 Å². The zero-order chi connectivity index (χ0) is 12.8. The van der Waals surface area contributed by atoms with Gasteiger partial charge in [0.15, 0.2) is 0 Å². The van der Waals surface area contributed by atoms with Gasteiger partial charge in [0, 0.05) is 1.43 Å². The van der Waals surface area contributed by atoms with Crippen molar-refractivity contribution in [1.82, 2.24) is 0 Å². The fourth-order valence-corrected chi connectivity index (χ4v) is 3.34. The summed E-state index contributed by atoms with van der Waals surface area (Å²) in [6, 6.07) is 9.09. The van der Waals surface area contributed by atoms with Gasteiger partial charge in [0.05, 0.1) is 0 Å². The summed E-state index contributed by atoms with van der Waals surface area (Å²) in [7, 11) is 0. The molecule has 0 bridgehead atoms. The first kappa shape index (κ1) is 13.6. The van der Waals surface area contributed by atoms with Gasteiger partial charge in [-0.2, -0.15) is 0 Å². The summed E-state index contributed by atoms with van der Waals surface area (Å²) in [6.45, 7) is 4.49. The van der Waals surface area contributed by atoms with Crippen LogP contribution in [0.15, 0.2) is 24.3 Å². The van der Waals surface area contributed by atoms with Gasteiger partial charge in [-0.05, 0) is 37.2 Å². The van der Waals surface area contributed by atoms with E-state index in [2.05, 4.69) is 38.1 Å². The normalized spacial score (nSPS) is 24.1. The first-order chi connectivity index (χ1) is 8.78. The minimum absolute atomic E-state index is 0. The third kappa shape index (κ3) is 4.15. The van der Waals surface area contributed by atoms with Crippen molar-refractivity contribution < 1.29 is 1.43 Å². The SMILES string of the molecule is CCCC1CCC(CCc2ccc(C)cc2)CC1.[HH]. The lowest BCUT2D eigenvalue weighted by molar-refractivity contribution is 0.252. The molecule has 0 heteroatoms. The van der Waals surface area contributed by atoms with Crippen LogP contribution in [0.25, 0.3) is 0 Å². The predicted octanol–water partition coefficient (Wildman–Crippen LogP) is 5.78. The third-order valence-corrected chi connectivity index (χ3v) is 4.63. The van der Waals surface area contributed by atoms with Crippen molar-refractivity contribution in [3.8, 4) is 0 Å². The molecule has 0 aliphatic heterocycles. The monoisotopic (exact) mass is 246 g/mol. The molecule has 0 saturated heterocycles. The Morgan fingerprint density at radius 1 is 0.944 bits per heavy atom. The summed E-state index contributed by atoms with van der Waals surface area (Å²) < 4.78 is 0. The number of aryl methyl sites for hydroxylation is 2. The van der Waals surface area contributed by atoms with Crippen LogP contribution in [0.4, 0.5) is 0 Å². The molecule has 102 valence electrons. The molecular formula is C18H30. The molecule has 0 unspecified atom stereocenters. The highest BCUT2D eigenvalue weighted by atomic mass is 14.3. The van der Waals surface area contributed by atoms with Crippen molar-refractivity contribution >= 4 is 0 Å². The van der Waals surface area contributed by atoms with Crippen LogP contribution in [0.3, 0.4) is 0 Å². The molecule has 1 aliphatic carbocycles. The van der Waals surface area contributed by atoms with Gasteiger partial charge in [0.25, 0.3) is 0 Å². The van der Waals surface area contributed by atoms with Gasteiger partial charge in [0.2, 0.25) is 0 Å². The predicted molar refractivity (Wildman–Crippen MR) is 82.0 cm³/mol. The quantitative estimate of drug-likeness (QED) is 0.617. The first-order valence-electron chi connectivity index (χ1n) is 7.83. The van der Waals surface area contributed by atoms with Crippen molar-refractivity contribution in [1.29, 1.82) is 0 Å². The lowest BCUT2D eigenvalue weighted by Gasteiger charge is -2.28.